The summed E-state index contributed by atoms with van der Waals surface area (Å²) in [7, 11) is 0. The summed E-state index contributed by atoms with van der Waals surface area (Å²) in [6.07, 6.45) is 0.395. The molecule has 0 heterocycles. The average molecular weight is 430 g/mol. The molecule has 0 aliphatic rings. The van der Waals surface area contributed by atoms with Crippen molar-refractivity contribution in [1.29, 1.82) is 0 Å². The highest BCUT2D eigenvalue weighted by Crippen LogP contribution is 2.24. The highest BCUT2D eigenvalue weighted by Gasteiger charge is 2.04. The average Bonchev–Trinajstić information content (AvgIpc) is 2.71. The van der Waals surface area contributed by atoms with Crippen molar-refractivity contribution in [2.45, 2.75) is 12.2 Å². The zero-order chi connectivity index (χ0) is 19.8. The zero-order valence-corrected chi connectivity index (χ0v) is 17.7. The third-order valence-electron chi connectivity index (χ3n) is 4.25. The number of rotatable bonds is 8. The van der Waals surface area contributed by atoms with E-state index in [0.717, 1.165) is 28.2 Å². The van der Waals surface area contributed by atoms with E-state index in [2.05, 4.69) is 29.6 Å². The Kier molecular flexibility index (Phi) is 7.84. The van der Waals surface area contributed by atoms with Crippen LogP contribution in [0.3, 0.4) is 0 Å². The van der Waals surface area contributed by atoms with Gasteiger partial charge in [0.2, 0.25) is 5.91 Å². The fourth-order valence-corrected chi connectivity index (χ4v) is 3.90. The molecule has 144 valence electrons. The van der Waals surface area contributed by atoms with Crippen molar-refractivity contribution in [2.75, 3.05) is 12.3 Å². The van der Waals surface area contributed by atoms with E-state index >= 15 is 0 Å². The molecule has 5 heteroatoms. The second kappa shape index (κ2) is 10.6. The van der Waals surface area contributed by atoms with E-state index < -0.39 is 0 Å². The number of hydrogen-bond donors (Lipinski definition) is 1. The summed E-state index contributed by atoms with van der Waals surface area (Å²) in [4.78, 5) is 12.1. The van der Waals surface area contributed by atoms with Crippen LogP contribution in [-0.2, 0) is 17.0 Å². The monoisotopic (exact) mass is 429 g/mol. The van der Waals surface area contributed by atoms with Gasteiger partial charge in [-0.3, -0.25) is 4.79 Å². The Labute approximate surface area is 180 Å². The Bertz CT molecular complexity index is 914. The van der Waals surface area contributed by atoms with E-state index in [0.29, 0.717) is 23.0 Å². The fraction of sp³-hybridized carbons (Fsp3) is 0.174. The quantitative estimate of drug-likeness (QED) is 0.428. The maximum absolute atomic E-state index is 12.1. The molecule has 1 N–H and O–H groups in total. The van der Waals surface area contributed by atoms with E-state index in [-0.39, 0.29) is 5.91 Å². The summed E-state index contributed by atoms with van der Waals surface area (Å²) < 4.78 is 0. The van der Waals surface area contributed by atoms with Crippen LogP contribution < -0.4 is 5.32 Å². The van der Waals surface area contributed by atoms with E-state index in [1.165, 1.54) is 5.56 Å². The summed E-state index contributed by atoms with van der Waals surface area (Å²) in [6.45, 7) is 0.646. The molecule has 0 unspecified atom stereocenters. The highest BCUT2D eigenvalue weighted by atomic mass is 35.5. The first-order valence-electron chi connectivity index (χ1n) is 9.04. The molecule has 28 heavy (non-hydrogen) atoms. The highest BCUT2D eigenvalue weighted by molar-refractivity contribution is 7.98. The molecule has 0 fully saturated rings. The summed E-state index contributed by atoms with van der Waals surface area (Å²) >= 11 is 13.7. The summed E-state index contributed by atoms with van der Waals surface area (Å²) in [6, 6.07) is 24.0. The zero-order valence-electron chi connectivity index (χ0n) is 15.3. The lowest BCUT2D eigenvalue weighted by Crippen LogP contribution is -2.27. The first-order valence-corrected chi connectivity index (χ1v) is 11.0. The minimum Gasteiger partial charge on any atom is -0.355 e. The standard InChI is InChI=1S/C23H21Cl2NOS/c24-21-11-8-18(14-22(21)25)16-28-13-12-26-23(27)15-17-6-9-20(10-7-17)19-4-2-1-3-5-19/h1-11,14H,12-13,15-16H2,(H,26,27). The number of carbonyl (C=O) groups is 1. The molecule has 0 aliphatic carbocycles. The van der Waals surface area contributed by atoms with Gasteiger partial charge in [-0.15, -0.1) is 0 Å². The van der Waals surface area contributed by atoms with E-state index in [1.54, 1.807) is 11.8 Å². The molecule has 0 saturated carbocycles. The van der Waals surface area contributed by atoms with Crippen LogP contribution in [0.15, 0.2) is 72.8 Å². The lowest BCUT2D eigenvalue weighted by atomic mass is 10.0. The van der Waals surface area contributed by atoms with Crippen molar-refractivity contribution in [3.05, 3.63) is 94.0 Å². The van der Waals surface area contributed by atoms with Gasteiger partial charge in [0.1, 0.15) is 0 Å². The molecule has 3 aromatic carbocycles. The molecule has 0 aliphatic heterocycles. The van der Waals surface area contributed by atoms with Crippen LogP contribution in [0.1, 0.15) is 11.1 Å². The molecule has 0 spiro atoms. The van der Waals surface area contributed by atoms with E-state index in [4.69, 9.17) is 23.2 Å². The molecular weight excluding hydrogens is 409 g/mol. The number of halogens is 2. The maximum Gasteiger partial charge on any atom is 0.224 e. The molecular formula is C23H21Cl2NOS. The summed E-state index contributed by atoms with van der Waals surface area (Å²) in [5.41, 5.74) is 4.48. The SMILES string of the molecule is O=C(Cc1ccc(-c2ccccc2)cc1)NCCSCc1ccc(Cl)c(Cl)c1. The molecule has 1 amide bonds. The number of hydrogen-bond acceptors (Lipinski definition) is 2. The van der Waals surface area contributed by atoms with Gasteiger partial charge in [-0.25, -0.2) is 0 Å². The van der Waals surface area contributed by atoms with Gasteiger partial charge in [0.05, 0.1) is 16.5 Å². The maximum atomic E-state index is 12.1. The van der Waals surface area contributed by atoms with Gasteiger partial charge in [-0.2, -0.15) is 11.8 Å². The Balaban J connectivity index is 1.38. The van der Waals surface area contributed by atoms with Crippen molar-refractivity contribution in [2.24, 2.45) is 0 Å². The molecule has 0 radical (unpaired) electrons. The molecule has 0 bridgehead atoms. The van der Waals surface area contributed by atoms with Crippen molar-refractivity contribution in [3.8, 4) is 11.1 Å². The van der Waals surface area contributed by atoms with Gasteiger partial charge in [0.15, 0.2) is 0 Å². The Morgan fingerprint density at radius 3 is 2.21 bits per heavy atom. The smallest absolute Gasteiger partial charge is 0.224 e. The number of amides is 1. The lowest BCUT2D eigenvalue weighted by molar-refractivity contribution is -0.120. The minimum atomic E-state index is 0.0441. The van der Waals surface area contributed by atoms with Gasteiger partial charge < -0.3 is 5.32 Å². The second-order valence-electron chi connectivity index (χ2n) is 6.39. The Morgan fingerprint density at radius 1 is 0.821 bits per heavy atom. The van der Waals surface area contributed by atoms with Gasteiger partial charge in [-0.1, -0.05) is 83.9 Å². The second-order valence-corrected chi connectivity index (χ2v) is 8.31. The molecule has 3 aromatic rings. The lowest BCUT2D eigenvalue weighted by Gasteiger charge is -2.07. The van der Waals surface area contributed by atoms with Crippen molar-refractivity contribution >= 4 is 40.9 Å². The molecule has 2 nitrogen and oxygen atoms in total. The van der Waals surface area contributed by atoms with Crippen LogP contribution in [0.25, 0.3) is 11.1 Å². The van der Waals surface area contributed by atoms with Crippen LogP contribution in [0.5, 0.6) is 0 Å². The van der Waals surface area contributed by atoms with E-state index in [1.807, 2.05) is 48.5 Å². The van der Waals surface area contributed by atoms with Gasteiger partial charge >= 0.3 is 0 Å². The van der Waals surface area contributed by atoms with Crippen LogP contribution >= 0.6 is 35.0 Å². The van der Waals surface area contributed by atoms with Crippen LogP contribution in [0, 0.1) is 0 Å². The predicted molar refractivity (Wildman–Crippen MR) is 121 cm³/mol. The first-order chi connectivity index (χ1) is 13.6. The normalized spacial score (nSPS) is 10.6. The van der Waals surface area contributed by atoms with Crippen molar-refractivity contribution in [3.63, 3.8) is 0 Å². The number of thioether (sulfide) groups is 1. The molecule has 3 rings (SSSR count). The summed E-state index contributed by atoms with van der Waals surface area (Å²) in [5, 5.41) is 4.12. The number of benzene rings is 3. The molecule has 0 aromatic heterocycles. The van der Waals surface area contributed by atoms with Gasteiger partial charge in [-0.05, 0) is 34.4 Å². The van der Waals surface area contributed by atoms with Crippen molar-refractivity contribution < 1.29 is 4.79 Å². The van der Waals surface area contributed by atoms with Gasteiger partial charge in [0, 0.05) is 18.1 Å². The van der Waals surface area contributed by atoms with Crippen molar-refractivity contribution in [1.82, 2.24) is 5.32 Å². The molecule has 0 atom stereocenters. The molecule has 0 saturated heterocycles. The summed E-state index contributed by atoms with van der Waals surface area (Å²) in [5.74, 6) is 1.73. The number of nitrogens with one attached hydrogen (secondary N) is 1. The van der Waals surface area contributed by atoms with Gasteiger partial charge in [0.25, 0.3) is 0 Å². The third-order valence-corrected chi connectivity index (χ3v) is 6.02. The predicted octanol–water partition coefficient (Wildman–Crippen LogP) is 6.25. The van der Waals surface area contributed by atoms with Crippen LogP contribution in [0.2, 0.25) is 10.0 Å². The van der Waals surface area contributed by atoms with Crippen LogP contribution in [-0.4, -0.2) is 18.2 Å². The fourth-order valence-electron chi connectivity index (χ4n) is 2.78. The first kappa shape index (κ1) is 20.8. The third kappa shape index (κ3) is 6.30. The Hall–Kier alpha value is -1.94. The topological polar surface area (TPSA) is 29.1 Å². The largest absolute Gasteiger partial charge is 0.355 e. The van der Waals surface area contributed by atoms with Crippen LogP contribution in [0.4, 0.5) is 0 Å². The number of carbonyl (C=O) groups excluding carboxylic acids is 1. The minimum absolute atomic E-state index is 0.0441. The van der Waals surface area contributed by atoms with E-state index in [9.17, 15) is 4.79 Å². The Morgan fingerprint density at radius 2 is 1.50 bits per heavy atom.